The fourth-order valence-corrected chi connectivity index (χ4v) is 2.96. The van der Waals surface area contributed by atoms with Crippen molar-refractivity contribution in [2.45, 2.75) is 51.1 Å². The van der Waals surface area contributed by atoms with Crippen LogP contribution >= 0.6 is 0 Å². The van der Waals surface area contributed by atoms with Gasteiger partial charge in [-0.3, -0.25) is 4.79 Å². The van der Waals surface area contributed by atoms with E-state index < -0.39 is 16.1 Å². The van der Waals surface area contributed by atoms with Crippen molar-refractivity contribution in [3.8, 4) is 0 Å². The normalized spacial score (nSPS) is 13.2. The van der Waals surface area contributed by atoms with Crippen molar-refractivity contribution in [1.82, 2.24) is 10.0 Å². The van der Waals surface area contributed by atoms with Gasteiger partial charge in [-0.1, -0.05) is 24.6 Å². The summed E-state index contributed by atoms with van der Waals surface area (Å²) in [7, 11) is -3.68. The minimum atomic E-state index is -3.68. The minimum absolute atomic E-state index is 0.0274. The Labute approximate surface area is 120 Å². The molecule has 0 saturated carbocycles. The minimum Gasteiger partial charge on any atom is -0.353 e. The highest BCUT2D eigenvalue weighted by molar-refractivity contribution is 7.89. The molecule has 0 radical (unpaired) electrons. The van der Waals surface area contributed by atoms with E-state index in [0.29, 0.717) is 6.42 Å². The Kier molecular flexibility index (Phi) is 5.71. The van der Waals surface area contributed by atoms with Crippen molar-refractivity contribution in [2.75, 3.05) is 0 Å². The van der Waals surface area contributed by atoms with Crippen LogP contribution in [-0.4, -0.2) is 26.4 Å². The first-order valence-electron chi connectivity index (χ1n) is 6.65. The van der Waals surface area contributed by atoms with Crippen molar-refractivity contribution in [3.63, 3.8) is 0 Å². The zero-order valence-electron chi connectivity index (χ0n) is 12.3. The maximum absolute atomic E-state index is 12.2. The van der Waals surface area contributed by atoms with Crippen LogP contribution in [0.2, 0.25) is 0 Å². The second kappa shape index (κ2) is 6.85. The van der Waals surface area contributed by atoms with Crippen LogP contribution in [0, 0.1) is 6.92 Å². The van der Waals surface area contributed by atoms with Crippen molar-refractivity contribution < 1.29 is 13.2 Å². The third-order valence-corrected chi connectivity index (χ3v) is 4.27. The predicted octanol–water partition coefficient (Wildman–Crippen LogP) is 1.58. The smallest absolute Gasteiger partial charge is 0.241 e. The van der Waals surface area contributed by atoms with E-state index in [4.69, 9.17) is 0 Å². The lowest BCUT2D eigenvalue weighted by atomic mass is 10.2. The monoisotopic (exact) mass is 298 g/mol. The third kappa shape index (κ3) is 4.61. The molecule has 0 unspecified atom stereocenters. The SMILES string of the molecule is CC[C@@H](NS(=O)(=O)c1ccc(C)cc1)C(=O)NC(C)C. The molecule has 20 heavy (non-hydrogen) atoms. The zero-order chi connectivity index (χ0) is 15.3. The Bertz CT molecular complexity index is 550. The Hall–Kier alpha value is -1.40. The van der Waals surface area contributed by atoms with Crippen LogP contribution in [0.1, 0.15) is 32.8 Å². The van der Waals surface area contributed by atoms with E-state index in [9.17, 15) is 13.2 Å². The number of hydrogen-bond acceptors (Lipinski definition) is 3. The first kappa shape index (κ1) is 16.7. The van der Waals surface area contributed by atoms with E-state index in [1.165, 1.54) is 12.1 Å². The first-order chi connectivity index (χ1) is 9.26. The maximum Gasteiger partial charge on any atom is 0.241 e. The summed E-state index contributed by atoms with van der Waals surface area (Å²) in [6.07, 6.45) is 0.393. The maximum atomic E-state index is 12.2. The number of hydrogen-bond donors (Lipinski definition) is 2. The zero-order valence-corrected chi connectivity index (χ0v) is 13.1. The number of carbonyl (C=O) groups is 1. The molecule has 0 spiro atoms. The van der Waals surface area contributed by atoms with Gasteiger partial charge in [0.2, 0.25) is 15.9 Å². The topological polar surface area (TPSA) is 75.3 Å². The summed E-state index contributed by atoms with van der Waals surface area (Å²) in [5.41, 5.74) is 0.980. The number of sulfonamides is 1. The van der Waals surface area contributed by atoms with Crippen molar-refractivity contribution in [1.29, 1.82) is 0 Å². The molecule has 5 nitrogen and oxygen atoms in total. The summed E-state index contributed by atoms with van der Waals surface area (Å²) < 4.78 is 26.9. The summed E-state index contributed by atoms with van der Waals surface area (Å²) in [4.78, 5) is 12.1. The molecule has 0 aliphatic heterocycles. The number of carbonyl (C=O) groups excluding carboxylic acids is 1. The third-order valence-electron chi connectivity index (χ3n) is 2.78. The summed E-state index contributed by atoms with van der Waals surface area (Å²) in [6.45, 7) is 7.31. The Balaban J connectivity index is 2.88. The van der Waals surface area contributed by atoms with E-state index in [2.05, 4.69) is 10.0 Å². The van der Waals surface area contributed by atoms with Gasteiger partial charge in [0.05, 0.1) is 4.90 Å². The molecule has 0 bridgehead atoms. The number of aryl methyl sites for hydroxylation is 1. The van der Waals surface area contributed by atoms with Gasteiger partial charge in [-0.05, 0) is 39.3 Å². The molecule has 0 aromatic heterocycles. The lowest BCUT2D eigenvalue weighted by Gasteiger charge is -2.18. The van der Waals surface area contributed by atoms with Crippen LogP contribution in [-0.2, 0) is 14.8 Å². The van der Waals surface area contributed by atoms with Crippen LogP contribution in [0.4, 0.5) is 0 Å². The van der Waals surface area contributed by atoms with Gasteiger partial charge in [-0.25, -0.2) is 8.42 Å². The van der Waals surface area contributed by atoms with E-state index in [0.717, 1.165) is 5.56 Å². The summed E-state index contributed by atoms with van der Waals surface area (Å²) >= 11 is 0. The second-order valence-corrected chi connectivity index (χ2v) is 6.77. The van der Waals surface area contributed by atoms with Crippen molar-refractivity contribution in [2.24, 2.45) is 0 Å². The number of benzene rings is 1. The molecule has 1 amide bonds. The van der Waals surface area contributed by atoms with Gasteiger partial charge in [-0.15, -0.1) is 0 Å². The fourth-order valence-electron chi connectivity index (χ4n) is 1.68. The van der Waals surface area contributed by atoms with Gasteiger partial charge in [0.15, 0.2) is 0 Å². The van der Waals surface area contributed by atoms with Crippen LogP contribution in [0.5, 0.6) is 0 Å². The lowest BCUT2D eigenvalue weighted by Crippen LogP contribution is -2.48. The highest BCUT2D eigenvalue weighted by Crippen LogP contribution is 2.11. The Morgan fingerprint density at radius 2 is 1.75 bits per heavy atom. The van der Waals surface area contributed by atoms with Crippen LogP contribution in [0.25, 0.3) is 0 Å². The van der Waals surface area contributed by atoms with Gasteiger partial charge < -0.3 is 5.32 Å². The van der Waals surface area contributed by atoms with Gasteiger partial charge >= 0.3 is 0 Å². The standard InChI is InChI=1S/C14H22N2O3S/c1-5-13(14(17)15-10(2)3)16-20(18,19)12-8-6-11(4)7-9-12/h6-10,13,16H,5H2,1-4H3,(H,15,17)/t13-/m1/s1. The van der Waals surface area contributed by atoms with Crippen molar-refractivity contribution in [3.05, 3.63) is 29.8 Å². The molecule has 112 valence electrons. The van der Waals surface area contributed by atoms with Gasteiger partial charge in [0.1, 0.15) is 6.04 Å². The van der Waals surface area contributed by atoms with E-state index in [-0.39, 0.29) is 16.8 Å². The van der Waals surface area contributed by atoms with Crippen LogP contribution in [0.3, 0.4) is 0 Å². The lowest BCUT2D eigenvalue weighted by molar-refractivity contribution is -0.123. The molecule has 1 rings (SSSR count). The molecule has 1 aromatic carbocycles. The van der Waals surface area contributed by atoms with Gasteiger partial charge in [0, 0.05) is 6.04 Å². The summed E-state index contributed by atoms with van der Waals surface area (Å²) in [5.74, 6) is -0.307. The van der Waals surface area contributed by atoms with Gasteiger partial charge in [0.25, 0.3) is 0 Å². The largest absolute Gasteiger partial charge is 0.353 e. The molecule has 6 heteroatoms. The first-order valence-corrected chi connectivity index (χ1v) is 8.14. The highest BCUT2D eigenvalue weighted by atomic mass is 32.2. The predicted molar refractivity (Wildman–Crippen MR) is 78.9 cm³/mol. The molecule has 2 N–H and O–H groups in total. The molecular weight excluding hydrogens is 276 g/mol. The van der Waals surface area contributed by atoms with E-state index >= 15 is 0 Å². The molecule has 1 atom stereocenters. The summed E-state index contributed by atoms with van der Waals surface area (Å²) in [6, 6.07) is 5.73. The quantitative estimate of drug-likeness (QED) is 0.837. The number of rotatable bonds is 6. The molecule has 0 heterocycles. The Morgan fingerprint density at radius 1 is 1.20 bits per heavy atom. The Morgan fingerprint density at radius 3 is 2.20 bits per heavy atom. The molecule has 0 aliphatic rings. The number of nitrogens with one attached hydrogen (secondary N) is 2. The van der Waals surface area contributed by atoms with E-state index in [1.807, 2.05) is 20.8 Å². The summed E-state index contributed by atoms with van der Waals surface area (Å²) in [5, 5.41) is 2.71. The average Bonchev–Trinajstić information content (AvgIpc) is 2.35. The highest BCUT2D eigenvalue weighted by Gasteiger charge is 2.24. The second-order valence-electron chi connectivity index (χ2n) is 5.06. The van der Waals surface area contributed by atoms with Crippen LogP contribution in [0.15, 0.2) is 29.2 Å². The molecule has 0 aliphatic carbocycles. The van der Waals surface area contributed by atoms with Crippen LogP contribution < -0.4 is 10.0 Å². The van der Waals surface area contributed by atoms with Crippen molar-refractivity contribution >= 4 is 15.9 Å². The molecule has 0 fully saturated rings. The molecular formula is C14H22N2O3S. The molecule has 1 aromatic rings. The molecule has 0 saturated heterocycles. The number of amides is 1. The van der Waals surface area contributed by atoms with E-state index in [1.54, 1.807) is 19.1 Å². The van der Waals surface area contributed by atoms with Gasteiger partial charge in [-0.2, -0.15) is 4.72 Å². The average molecular weight is 298 g/mol. The fraction of sp³-hybridized carbons (Fsp3) is 0.500.